The molecule has 0 spiro atoms. The van der Waals surface area contributed by atoms with E-state index in [1.54, 1.807) is 30.3 Å². The summed E-state index contributed by atoms with van der Waals surface area (Å²) in [5.41, 5.74) is 0.714. The van der Waals surface area contributed by atoms with E-state index in [0.29, 0.717) is 17.2 Å². The molecule has 1 heterocycles. The Bertz CT molecular complexity index is 900. The molecule has 0 radical (unpaired) electrons. The van der Waals surface area contributed by atoms with Crippen molar-refractivity contribution in [3.8, 4) is 0 Å². The molecule has 0 aromatic heterocycles. The third-order valence-electron chi connectivity index (χ3n) is 4.45. The Labute approximate surface area is 159 Å². The van der Waals surface area contributed by atoms with Crippen molar-refractivity contribution in [2.75, 3.05) is 17.8 Å². The topological polar surface area (TPSA) is 66.5 Å². The van der Waals surface area contributed by atoms with E-state index in [1.165, 1.54) is 18.2 Å². The Hall–Kier alpha value is -2.05. The number of likely N-dealkylation sites (tertiary alicyclic amines) is 1. The summed E-state index contributed by atoms with van der Waals surface area (Å²) in [5, 5.41) is 0.237. The number of benzene rings is 2. The van der Waals surface area contributed by atoms with Gasteiger partial charge in [-0.1, -0.05) is 36.7 Å². The van der Waals surface area contributed by atoms with Crippen molar-refractivity contribution in [2.24, 2.45) is 5.92 Å². The number of nitrogens with one attached hydrogen (secondary N) is 1. The quantitative estimate of drug-likeness (QED) is 0.854. The van der Waals surface area contributed by atoms with Gasteiger partial charge in [-0.3, -0.25) is 9.52 Å². The predicted molar refractivity (Wildman–Crippen MR) is 103 cm³/mol. The Morgan fingerprint density at radius 3 is 2.58 bits per heavy atom. The van der Waals surface area contributed by atoms with Crippen LogP contribution < -0.4 is 4.72 Å². The normalized spacial score (nSPS) is 17.8. The summed E-state index contributed by atoms with van der Waals surface area (Å²) < 4.78 is 27.3. The number of halogens is 1. The highest BCUT2D eigenvalue weighted by atomic mass is 35.5. The average Bonchev–Trinajstić information content (AvgIpc) is 2.62. The summed E-state index contributed by atoms with van der Waals surface area (Å²) in [6.45, 7) is 3.57. The molecule has 0 aliphatic carbocycles. The van der Waals surface area contributed by atoms with Crippen molar-refractivity contribution >= 4 is 33.2 Å². The number of carbonyl (C=O) groups is 1. The van der Waals surface area contributed by atoms with Crippen LogP contribution in [0.15, 0.2) is 53.4 Å². The predicted octanol–water partition coefficient (Wildman–Crippen LogP) is 4.01. The van der Waals surface area contributed by atoms with Gasteiger partial charge in [-0.25, -0.2) is 8.42 Å². The molecule has 1 saturated heterocycles. The SMILES string of the molecule is CC1CCCN(C(=O)c2ccc(NS(=O)(=O)c3ccccc3)cc2Cl)C1. The van der Waals surface area contributed by atoms with E-state index >= 15 is 0 Å². The monoisotopic (exact) mass is 392 g/mol. The highest BCUT2D eigenvalue weighted by Gasteiger charge is 2.24. The van der Waals surface area contributed by atoms with Crippen molar-refractivity contribution in [3.63, 3.8) is 0 Å². The van der Waals surface area contributed by atoms with Crippen molar-refractivity contribution in [3.05, 3.63) is 59.1 Å². The van der Waals surface area contributed by atoms with E-state index in [-0.39, 0.29) is 15.8 Å². The Morgan fingerprint density at radius 2 is 1.92 bits per heavy atom. The molecule has 5 nitrogen and oxygen atoms in total. The number of sulfonamides is 1. The van der Waals surface area contributed by atoms with E-state index in [2.05, 4.69) is 11.6 Å². The Morgan fingerprint density at radius 1 is 1.19 bits per heavy atom. The van der Waals surface area contributed by atoms with Crippen LogP contribution in [0.3, 0.4) is 0 Å². The van der Waals surface area contributed by atoms with Gasteiger partial charge in [0.15, 0.2) is 0 Å². The van der Waals surface area contributed by atoms with Crippen molar-refractivity contribution < 1.29 is 13.2 Å². The van der Waals surface area contributed by atoms with Gasteiger partial charge in [-0.2, -0.15) is 0 Å². The zero-order valence-corrected chi connectivity index (χ0v) is 16.1. The maximum absolute atomic E-state index is 12.7. The number of nitrogens with zero attached hydrogens (tertiary/aromatic N) is 1. The average molecular weight is 393 g/mol. The highest BCUT2D eigenvalue weighted by molar-refractivity contribution is 7.92. The molecule has 1 aliphatic heterocycles. The fourth-order valence-corrected chi connectivity index (χ4v) is 4.44. The van der Waals surface area contributed by atoms with Crippen LogP contribution in [0.2, 0.25) is 5.02 Å². The van der Waals surface area contributed by atoms with Gasteiger partial charge in [0.2, 0.25) is 0 Å². The van der Waals surface area contributed by atoms with E-state index in [4.69, 9.17) is 11.6 Å². The number of piperidine rings is 1. The number of rotatable bonds is 4. The molecule has 0 bridgehead atoms. The first-order chi connectivity index (χ1) is 12.4. The van der Waals surface area contributed by atoms with Gasteiger partial charge in [0, 0.05) is 13.1 Å². The van der Waals surface area contributed by atoms with Crippen molar-refractivity contribution in [2.45, 2.75) is 24.7 Å². The molecule has 3 rings (SSSR count). The fourth-order valence-electron chi connectivity index (χ4n) is 3.11. The van der Waals surface area contributed by atoms with Gasteiger partial charge in [-0.05, 0) is 49.1 Å². The molecule has 2 aromatic carbocycles. The lowest BCUT2D eigenvalue weighted by atomic mass is 9.99. The molecular formula is C19H21ClN2O3S. The first-order valence-electron chi connectivity index (χ1n) is 8.53. The van der Waals surface area contributed by atoms with Crippen LogP contribution in [0.25, 0.3) is 0 Å². The molecule has 1 fully saturated rings. The molecule has 1 N–H and O–H groups in total. The van der Waals surface area contributed by atoms with Crippen LogP contribution in [0.4, 0.5) is 5.69 Å². The van der Waals surface area contributed by atoms with Gasteiger partial charge in [-0.15, -0.1) is 0 Å². The second kappa shape index (κ2) is 7.68. The van der Waals surface area contributed by atoms with Gasteiger partial charge >= 0.3 is 0 Å². The summed E-state index contributed by atoms with van der Waals surface area (Å²) in [6, 6.07) is 12.7. The van der Waals surface area contributed by atoms with E-state index in [1.807, 2.05) is 4.90 Å². The fraction of sp³-hybridized carbons (Fsp3) is 0.316. The van der Waals surface area contributed by atoms with E-state index in [0.717, 1.165) is 25.9 Å². The van der Waals surface area contributed by atoms with Gasteiger partial charge in [0.25, 0.3) is 15.9 Å². The summed E-state index contributed by atoms with van der Waals surface area (Å²) in [7, 11) is -3.69. The zero-order valence-electron chi connectivity index (χ0n) is 14.5. The molecule has 0 saturated carbocycles. The van der Waals surface area contributed by atoms with Crippen LogP contribution in [0.1, 0.15) is 30.1 Å². The first-order valence-corrected chi connectivity index (χ1v) is 10.4. The summed E-state index contributed by atoms with van der Waals surface area (Å²) >= 11 is 6.27. The molecule has 1 atom stereocenters. The molecule has 1 unspecified atom stereocenters. The summed E-state index contributed by atoms with van der Waals surface area (Å²) in [4.78, 5) is 14.7. The molecule has 26 heavy (non-hydrogen) atoms. The highest BCUT2D eigenvalue weighted by Crippen LogP contribution is 2.26. The van der Waals surface area contributed by atoms with Crippen LogP contribution in [-0.4, -0.2) is 32.3 Å². The van der Waals surface area contributed by atoms with Crippen LogP contribution in [-0.2, 0) is 10.0 Å². The maximum Gasteiger partial charge on any atom is 0.261 e. The first kappa shape index (κ1) is 18.7. The minimum absolute atomic E-state index is 0.112. The molecule has 2 aromatic rings. The molecule has 138 valence electrons. The van der Waals surface area contributed by atoms with Crippen LogP contribution >= 0.6 is 11.6 Å². The minimum atomic E-state index is -3.69. The Balaban J connectivity index is 1.78. The van der Waals surface area contributed by atoms with Crippen LogP contribution in [0.5, 0.6) is 0 Å². The smallest absolute Gasteiger partial charge is 0.261 e. The maximum atomic E-state index is 12.7. The second-order valence-electron chi connectivity index (χ2n) is 6.61. The number of amides is 1. The Kier molecular flexibility index (Phi) is 5.53. The van der Waals surface area contributed by atoms with Crippen molar-refractivity contribution in [1.29, 1.82) is 0 Å². The molecule has 7 heteroatoms. The van der Waals surface area contributed by atoms with Crippen LogP contribution in [0, 0.1) is 5.92 Å². The number of hydrogen-bond acceptors (Lipinski definition) is 3. The zero-order chi connectivity index (χ0) is 18.7. The number of anilines is 1. The third-order valence-corrected chi connectivity index (χ3v) is 6.16. The third kappa shape index (κ3) is 4.19. The lowest BCUT2D eigenvalue weighted by Gasteiger charge is -2.31. The van der Waals surface area contributed by atoms with Gasteiger partial charge in [0.05, 0.1) is 21.2 Å². The van der Waals surface area contributed by atoms with E-state index < -0.39 is 10.0 Å². The second-order valence-corrected chi connectivity index (χ2v) is 8.70. The molecule has 1 aliphatic rings. The summed E-state index contributed by atoms with van der Waals surface area (Å²) in [6.07, 6.45) is 2.11. The van der Waals surface area contributed by atoms with Gasteiger partial charge in [0.1, 0.15) is 0 Å². The standard InChI is InChI=1S/C19H21ClN2O3S/c1-14-6-5-11-22(13-14)19(23)17-10-9-15(12-18(17)20)21-26(24,25)16-7-3-2-4-8-16/h2-4,7-10,12,14,21H,5-6,11,13H2,1H3. The van der Waals surface area contributed by atoms with E-state index in [9.17, 15) is 13.2 Å². The summed E-state index contributed by atoms with van der Waals surface area (Å²) in [5.74, 6) is 0.363. The molecular weight excluding hydrogens is 372 g/mol. The van der Waals surface area contributed by atoms with Crippen molar-refractivity contribution in [1.82, 2.24) is 4.90 Å². The molecule has 1 amide bonds. The minimum Gasteiger partial charge on any atom is -0.338 e. The lowest BCUT2D eigenvalue weighted by Crippen LogP contribution is -2.39. The lowest BCUT2D eigenvalue weighted by molar-refractivity contribution is 0.0683. The number of hydrogen-bond donors (Lipinski definition) is 1. The number of carbonyl (C=O) groups excluding carboxylic acids is 1. The van der Waals surface area contributed by atoms with Gasteiger partial charge < -0.3 is 4.90 Å². The largest absolute Gasteiger partial charge is 0.338 e.